The Hall–Kier alpha value is -3.02. The summed E-state index contributed by atoms with van der Waals surface area (Å²) in [6.07, 6.45) is 1.92. The molecule has 11 heteroatoms. The smallest absolute Gasteiger partial charge is 0.333 e. The van der Waals surface area contributed by atoms with E-state index in [0.29, 0.717) is 11.1 Å². The second-order valence-corrected chi connectivity index (χ2v) is 13.7. The molecule has 5 rings (SSSR count). The normalized spacial score (nSPS) is 42.2. The molecule has 1 spiro atoms. The van der Waals surface area contributed by atoms with Crippen molar-refractivity contribution in [1.29, 1.82) is 0 Å². The molecule has 1 aromatic rings. The minimum absolute atomic E-state index is 0.0770. The largest absolute Gasteiger partial charge is 0.472 e. The molecule has 4 fully saturated rings. The van der Waals surface area contributed by atoms with Crippen LogP contribution in [0.2, 0.25) is 0 Å². The molecule has 11 nitrogen and oxygen atoms in total. The number of aliphatic hydroxyl groups is 2. The first kappa shape index (κ1) is 31.4. The third-order valence-corrected chi connectivity index (χ3v) is 11.1. The fourth-order valence-electron chi connectivity index (χ4n) is 8.54. The Morgan fingerprint density at radius 1 is 1.16 bits per heavy atom. The van der Waals surface area contributed by atoms with Gasteiger partial charge in [0.1, 0.15) is 17.8 Å². The molecule has 2 saturated carbocycles. The Labute approximate surface area is 250 Å². The van der Waals surface area contributed by atoms with Gasteiger partial charge >= 0.3 is 17.9 Å². The van der Waals surface area contributed by atoms with Gasteiger partial charge in [-0.2, -0.15) is 0 Å². The monoisotopic (exact) mass is 602 g/mol. The number of cyclic esters (lactones) is 1. The van der Waals surface area contributed by atoms with Crippen molar-refractivity contribution < 1.29 is 52.8 Å². The van der Waals surface area contributed by atoms with Gasteiger partial charge in [-0.1, -0.05) is 33.8 Å². The number of Topliss-reactive ketones (excluding diaryl/α,β-unsaturated/α-hetero) is 1. The van der Waals surface area contributed by atoms with Crippen LogP contribution < -0.4 is 0 Å². The van der Waals surface area contributed by atoms with Crippen LogP contribution in [0.5, 0.6) is 0 Å². The number of hydrogen-bond donors (Lipinski definition) is 2. The van der Waals surface area contributed by atoms with Crippen molar-refractivity contribution in [2.75, 3.05) is 7.11 Å². The van der Waals surface area contributed by atoms with Gasteiger partial charge < -0.3 is 33.6 Å². The van der Waals surface area contributed by atoms with Crippen LogP contribution in [-0.4, -0.2) is 64.1 Å². The molecule has 3 heterocycles. The number of carbonyl (C=O) groups is 4. The van der Waals surface area contributed by atoms with E-state index in [2.05, 4.69) is 0 Å². The van der Waals surface area contributed by atoms with Gasteiger partial charge in [-0.05, 0) is 32.3 Å². The zero-order valence-electron chi connectivity index (χ0n) is 25.8. The quantitative estimate of drug-likeness (QED) is 0.288. The number of allylic oxidation sites excluding steroid dienone is 1. The van der Waals surface area contributed by atoms with Gasteiger partial charge in [0.05, 0.1) is 26.1 Å². The van der Waals surface area contributed by atoms with Crippen molar-refractivity contribution in [2.45, 2.75) is 103 Å². The predicted octanol–water partition coefficient (Wildman–Crippen LogP) is 3.57. The number of hydrogen-bond acceptors (Lipinski definition) is 11. The summed E-state index contributed by atoms with van der Waals surface area (Å²) in [5.41, 5.74) is -5.07. The SMILES string of the molecule is C/C=C(\C)C(=O)O[C@H]1C(C)(C)[C@H](CC(=O)OC)[C@@H](C)C(=O)[C@@]12C[C@]1(O)[C@@H]3CC(=O)O[C@@H](c4ccoc4)[C@]3(C)CC[C@]1(O)O2. The molecule has 2 aliphatic carbocycles. The minimum atomic E-state index is -2.24. The molecule has 0 amide bonds. The van der Waals surface area contributed by atoms with Gasteiger partial charge in [0.25, 0.3) is 0 Å². The molecule has 43 heavy (non-hydrogen) atoms. The zero-order chi connectivity index (χ0) is 31.8. The molecule has 2 saturated heterocycles. The summed E-state index contributed by atoms with van der Waals surface area (Å²) < 4.78 is 28.5. The van der Waals surface area contributed by atoms with E-state index < -0.39 is 87.9 Å². The van der Waals surface area contributed by atoms with E-state index in [1.165, 1.54) is 19.6 Å². The Morgan fingerprint density at radius 2 is 1.86 bits per heavy atom. The van der Waals surface area contributed by atoms with E-state index >= 15 is 0 Å². The third kappa shape index (κ3) is 4.41. The lowest BCUT2D eigenvalue weighted by atomic mass is 9.50. The average Bonchev–Trinajstić information content (AvgIpc) is 3.58. The van der Waals surface area contributed by atoms with Crippen LogP contribution in [0.4, 0.5) is 0 Å². The summed E-state index contributed by atoms with van der Waals surface area (Å²) in [7, 11) is 1.26. The summed E-state index contributed by atoms with van der Waals surface area (Å²) in [6.45, 7) is 10.4. The summed E-state index contributed by atoms with van der Waals surface area (Å²) >= 11 is 0. The van der Waals surface area contributed by atoms with Crippen LogP contribution in [0.25, 0.3) is 0 Å². The van der Waals surface area contributed by atoms with Crippen molar-refractivity contribution in [3.63, 3.8) is 0 Å². The number of ether oxygens (including phenoxy) is 4. The first-order valence-electron chi connectivity index (χ1n) is 14.8. The Kier molecular flexibility index (Phi) is 7.50. The summed E-state index contributed by atoms with van der Waals surface area (Å²) in [5, 5.41) is 24.8. The highest BCUT2D eigenvalue weighted by Crippen LogP contribution is 2.68. The fraction of sp³-hybridized carbons (Fsp3) is 0.688. The van der Waals surface area contributed by atoms with Gasteiger partial charge in [-0.15, -0.1) is 0 Å². The maximum Gasteiger partial charge on any atom is 0.333 e. The summed E-state index contributed by atoms with van der Waals surface area (Å²) in [4.78, 5) is 53.3. The lowest BCUT2D eigenvalue weighted by molar-refractivity contribution is -0.338. The lowest BCUT2D eigenvalue weighted by Crippen LogP contribution is -2.67. The van der Waals surface area contributed by atoms with Gasteiger partial charge in [0, 0.05) is 53.1 Å². The summed E-state index contributed by atoms with van der Waals surface area (Å²) in [5.74, 6) is -6.81. The minimum Gasteiger partial charge on any atom is -0.472 e. The van der Waals surface area contributed by atoms with Crippen molar-refractivity contribution in [3.8, 4) is 0 Å². The molecule has 9 atom stereocenters. The number of carbonyl (C=O) groups excluding carboxylic acids is 4. The molecule has 1 aromatic heterocycles. The molecule has 0 aromatic carbocycles. The Balaban J connectivity index is 1.64. The van der Waals surface area contributed by atoms with Crippen LogP contribution >= 0.6 is 0 Å². The maximum atomic E-state index is 14.5. The van der Waals surface area contributed by atoms with Gasteiger partial charge in [-0.25, -0.2) is 4.79 Å². The maximum absolute atomic E-state index is 14.5. The molecule has 2 N–H and O–H groups in total. The summed E-state index contributed by atoms with van der Waals surface area (Å²) in [6, 6.07) is 1.69. The number of esters is 3. The molecule has 4 aliphatic rings. The number of methoxy groups -OCH3 is 1. The van der Waals surface area contributed by atoms with Crippen molar-refractivity contribution in [1.82, 2.24) is 0 Å². The van der Waals surface area contributed by atoms with E-state index in [-0.39, 0.29) is 25.7 Å². The van der Waals surface area contributed by atoms with Crippen LogP contribution in [-0.2, 0) is 38.1 Å². The average molecular weight is 603 g/mol. The molecule has 2 aliphatic heterocycles. The standard InChI is InChI=1S/C32H42O11/c1-8-17(2)26(36)42-27-28(4,5)20(13-22(33)39-7)18(3)24(35)30(27)16-31(37)21-14-23(34)41-25(19-9-12-40-15-19)29(21,6)10-11-32(31,38)43-30/h8-9,12,15,18,20-21,25,27,37-38H,10-11,13-14,16H2,1-7H3/b17-8+/t18-,20-,21-,25+,27+,29-,30+,31+,32+/m1/s1. The number of rotatable bonds is 5. The van der Waals surface area contributed by atoms with Crippen molar-refractivity contribution in [2.24, 2.45) is 28.6 Å². The van der Waals surface area contributed by atoms with Crippen molar-refractivity contribution >= 4 is 23.7 Å². The number of ketones is 1. The van der Waals surface area contributed by atoms with Crippen LogP contribution in [0, 0.1) is 28.6 Å². The third-order valence-electron chi connectivity index (χ3n) is 11.1. The van der Waals surface area contributed by atoms with E-state index in [0.717, 1.165) is 0 Å². The predicted molar refractivity (Wildman–Crippen MR) is 149 cm³/mol. The second kappa shape index (κ2) is 10.3. The number of furan rings is 1. The molecule has 0 unspecified atom stereocenters. The van der Waals surface area contributed by atoms with E-state index in [4.69, 9.17) is 23.4 Å². The van der Waals surface area contributed by atoms with Gasteiger partial charge in [0.2, 0.25) is 0 Å². The highest BCUT2D eigenvalue weighted by Gasteiger charge is 2.80. The molecule has 236 valence electrons. The zero-order valence-corrected chi connectivity index (χ0v) is 25.8. The van der Waals surface area contributed by atoms with Gasteiger partial charge in [-0.3, -0.25) is 14.4 Å². The molecule has 0 radical (unpaired) electrons. The second-order valence-electron chi connectivity index (χ2n) is 13.7. The van der Waals surface area contributed by atoms with Gasteiger partial charge in [0.15, 0.2) is 17.2 Å². The molecule has 0 bridgehead atoms. The first-order valence-corrected chi connectivity index (χ1v) is 14.8. The highest BCUT2D eigenvalue weighted by molar-refractivity contribution is 5.94. The fourth-order valence-corrected chi connectivity index (χ4v) is 8.54. The Bertz CT molecular complexity index is 1350. The molecular formula is C32H42O11. The molecular weight excluding hydrogens is 560 g/mol. The highest BCUT2D eigenvalue weighted by atomic mass is 16.7. The topological polar surface area (TPSA) is 159 Å². The van der Waals surface area contributed by atoms with E-state index in [1.54, 1.807) is 46.8 Å². The van der Waals surface area contributed by atoms with Crippen LogP contribution in [0.3, 0.4) is 0 Å². The van der Waals surface area contributed by atoms with E-state index in [1.807, 2.05) is 6.92 Å². The van der Waals surface area contributed by atoms with Crippen LogP contribution in [0.1, 0.15) is 85.3 Å². The van der Waals surface area contributed by atoms with Crippen molar-refractivity contribution in [3.05, 3.63) is 35.8 Å². The van der Waals surface area contributed by atoms with Crippen LogP contribution in [0.15, 0.2) is 34.7 Å². The Morgan fingerprint density at radius 3 is 2.47 bits per heavy atom. The lowest BCUT2D eigenvalue weighted by Gasteiger charge is -2.58. The first-order chi connectivity index (χ1) is 20.0. The number of fused-ring (bicyclic) bond motifs is 3. The van der Waals surface area contributed by atoms with E-state index in [9.17, 15) is 29.4 Å².